The molecular formula is C21H19F3N4O2. The lowest BCUT2D eigenvalue weighted by molar-refractivity contribution is -0.139. The number of nitrogens with zero attached hydrogens (tertiary/aromatic N) is 4. The van der Waals surface area contributed by atoms with Crippen molar-refractivity contribution in [2.75, 3.05) is 19.7 Å². The highest BCUT2D eigenvalue weighted by Crippen LogP contribution is 2.35. The number of alkyl halides is 3. The summed E-state index contributed by atoms with van der Waals surface area (Å²) in [7, 11) is 0. The van der Waals surface area contributed by atoms with Crippen molar-refractivity contribution in [3.63, 3.8) is 0 Å². The summed E-state index contributed by atoms with van der Waals surface area (Å²) in [6.45, 7) is 1.06. The summed E-state index contributed by atoms with van der Waals surface area (Å²) in [5.74, 6) is -0.645. The van der Waals surface area contributed by atoms with Crippen molar-refractivity contribution in [2.24, 2.45) is 5.92 Å². The van der Waals surface area contributed by atoms with E-state index in [4.69, 9.17) is 4.74 Å². The van der Waals surface area contributed by atoms with Crippen LogP contribution in [0, 0.1) is 5.92 Å². The number of aromatic nitrogens is 3. The molecule has 1 unspecified atom stereocenters. The van der Waals surface area contributed by atoms with Gasteiger partial charge >= 0.3 is 6.18 Å². The van der Waals surface area contributed by atoms with Gasteiger partial charge in [-0.1, -0.05) is 0 Å². The summed E-state index contributed by atoms with van der Waals surface area (Å²) in [5, 5.41) is 0. The zero-order valence-corrected chi connectivity index (χ0v) is 16.0. The Morgan fingerprint density at radius 3 is 2.70 bits per heavy atom. The van der Waals surface area contributed by atoms with Crippen LogP contribution in [-0.4, -0.2) is 45.5 Å². The van der Waals surface area contributed by atoms with E-state index in [9.17, 15) is 18.0 Å². The van der Waals surface area contributed by atoms with Gasteiger partial charge in [-0.25, -0.2) is 4.98 Å². The van der Waals surface area contributed by atoms with E-state index in [0.29, 0.717) is 29.7 Å². The Balaban J connectivity index is 1.43. The zero-order chi connectivity index (χ0) is 21.1. The van der Waals surface area contributed by atoms with Gasteiger partial charge in [-0.15, -0.1) is 0 Å². The van der Waals surface area contributed by atoms with Crippen molar-refractivity contribution < 1.29 is 22.7 Å². The van der Waals surface area contributed by atoms with Crippen molar-refractivity contribution in [1.82, 2.24) is 19.9 Å². The van der Waals surface area contributed by atoms with Crippen molar-refractivity contribution in [1.29, 1.82) is 0 Å². The molecule has 1 aromatic carbocycles. The second-order valence-corrected chi connectivity index (χ2v) is 7.18. The lowest BCUT2D eigenvalue weighted by Crippen LogP contribution is -2.41. The average Bonchev–Trinajstić information content (AvgIpc) is 2.76. The van der Waals surface area contributed by atoms with E-state index in [1.54, 1.807) is 35.5 Å². The van der Waals surface area contributed by atoms with Crippen LogP contribution in [0.5, 0.6) is 5.88 Å². The van der Waals surface area contributed by atoms with Crippen molar-refractivity contribution in [3.05, 3.63) is 60.0 Å². The van der Waals surface area contributed by atoms with Crippen LogP contribution in [0.1, 0.15) is 28.8 Å². The van der Waals surface area contributed by atoms with E-state index in [1.165, 1.54) is 12.3 Å². The third kappa shape index (κ3) is 4.34. The van der Waals surface area contributed by atoms with E-state index in [-0.39, 0.29) is 18.4 Å². The molecule has 0 aliphatic carbocycles. The normalized spacial score (nSPS) is 17.2. The fourth-order valence-corrected chi connectivity index (χ4v) is 3.58. The van der Waals surface area contributed by atoms with Gasteiger partial charge in [0.2, 0.25) is 5.88 Å². The molecule has 0 radical (unpaired) electrons. The summed E-state index contributed by atoms with van der Waals surface area (Å²) in [6, 6.07) is 7.34. The fraction of sp³-hybridized carbons (Fsp3) is 0.333. The number of amides is 1. The number of fused-ring (bicyclic) bond motifs is 1. The molecule has 0 N–H and O–H groups in total. The molecule has 1 aliphatic heterocycles. The first-order chi connectivity index (χ1) is 14.4. The molecule has 4 rings (SSSR count). The molecule has 30 heavy (non-hydrogen) atoms. The molecule has 2 aromatic heterocycles. The largest absolute Gasteiger partial charge is 0.477 e. The predicted molar refractivity (Wildman–Crippen MR) is 103 cm³/mol. The van der Waals surface area contributed by atoms with Crippen molar-refractivity contribution in [3.8, 4) is 5.88 Å². The van der Waals surface area contributed by atoms with E-state index in [2.05, 4.69) is 15.0 Å². The second kappa shape index (κ2) is 8.25. The molecule has 1 amide bonds. The number of benzene rings is 1. The Labute approximate surface area is 170 Å². The molecular weight excluding hydrogens is 397 g/mol. The molecule has 0 saturated carbocycles. The maximum atomic E-state index is 13.1. The van der Waals surface area contributed by atoms with Crippen LogP contribution in [0.4, 0.5) is 13.2 Å². The predicted octanol–water partition coefficient (Wildman–Crippen LogP) is 3.97. The minimum absolute atomic E-state index is 0.0626. The maximum Gasteiger partial charge on any atom is 0.421 e. The first-order valence-electron chi connectivity index (χ1n) is 9.57. The Morgan fingerprint density at radius 1 is 1.10 bits per heavy atom. The first-order valence-corrected chi connectivity index (χ1v) is 9.57. The van der Waals surface area contributed by atoms with Crippen LogP contribution in [0.2, 0.25) is 0 Å². The van der Waals surface area contributed by atoms with Gasteiger partial charge in [-0.3, -0.25) is 14.8 Å². The van der Waals surface area contributed by atoms with Crippen LogP contribution >= 0.6 is 0 Å². The fourth-order valence-electron chi connectivity index (χ4n) is 3.58. The molecule has 9 heteroatoms. The Morgan fingerprint density at radius 2 is 1.90 bits per heavy atom. The number of carbonyl (C=O) groups excluding carboxylic acids is 1. The van der Waals surface area contributed by atoms with Crippen LogP contribution in [0.25, 0.3) is 11.0 Å². The molecule has 0 bridgehead atoms. The molecule has 6 nitrogen and oxygen atoms in total. The number of rotatable bonds is 4. The molecule has 1 aliphatic rings. The molecule has 3 heterocycles. The van der Waals surface area contributed by atoms with Gasteiger partial charge in [0.1, 0.15) is 5.56 Å². The van der Waals surface area contributed by atoms with Crippen molar-refractivity contribution in [2.45, 2.75) is 19.0 Å². The lowest BCUT2D eigenvalue weighted by Gasteiger charge is -2.32. The lowest BCUT2D eigenvalue weighted by atomic mass is 9.98. The molecule has 1 atom stereocenters. The number of piperidine rings is 1. The van der Waals surface area contributed by atoms with E-state index in [1.807, 2.05) is 0 Å². The third-order valence-corrected chi connectivity index (χ3v) is 5.05. The number of carbonyl (C=O) groups is 1. The van der Waals surface area contributed by atoms with Gasteiger partial charge < -0.3 is 9.64 Å². The van der Waals surface area contributed by atoms with Gasteiger partial charge in [0.15, 0.2) is 0 Å². The minimum atomic E-state index is -4.53. The van der Waals surface area contributed by atoms with Gasteiger partial charge in [0.25, 0.3) is 5.91 Å². The highest BCUT2D eigenvalue weighted by atomic mass is 19.4. The van der Waals surface area contributed by atoms with Crippen molar-refractivity contribution >= 4 is 16.9 Å². The van der Waals surface area contributed by atoms with Crippen LogP contribution in [0.3, 0.4) is 0 Å². The molecule has 1 saturated heterocycles. The zero-order valence-electron chi connectivity index (χ0n) is 16.0. The molecule has 1 fully saturated rings. The third-order valence-electron chi connectivity index (χ3n) is 5.05. The standard InChI is InChI=1S/C21H19F3N4O2/c22-21(23,24)16-4-1-7-27-19(16)30-13-14-3-2-10-28(12-14)20(29)15-5-6-17-18(11-15)26-9-8-25-17/h1,4-9,11,14H,2-3,10,12-13H2. The number of ether oxygens (including phenoxy) is 1. The Hall–Kier alpha value is -3.23. The molecule has 156 valence electrons. The molecule has 3 aromatic rings. The summed E-state index contributed by atoms with van der Waals surface area (Å²) in [5.41, 5.74) is 0.949. The van der Waals surface area contributed by atoms with Crippen LogP contribution in [-0.2, 0) is 6.18 Å². The number of pyridine rings is 1. The monoisotopic (exact) mass is 416 g/mol. The second-order valence-electron chi connectivity index (χ2n) is 7.18. The smallest absolute Gasteiger partial charge is 0.421 e. The SMILES string of the molecule is O=C(c1ccc2nccnc2c1)N1CCCC(COc2ncccc2C(F)(F)F)C1. The number of hydrogen-bond acceptors (Lipinski definition) is 5. The summed E-state index contributed by atoms with van der Waals surface area (Å²) < 4.78 is 44.7. The Kier molecular flexibility index (Phi) is 5.52. The number of likely N-dealkylation sites (tertiary alicyclic amines) is 1. The van der Waals surface area contributed by atoms with Gasteiger partial charge in [0, 0.05) is 43.2 Å². The average molecular weight is 416 g/mol. The maximum absolute atomic E-state index is 13.1. The number of hydrogen-bond donors (Lipinski definition) is 0. The quantitative estimate of drug-likeness (QED) is 0.644. The minimum Gasteiger partial charge on any atom is -0.477 e. The van der Waals surface area contributed by atoms with Crippen LogP contribution < -0.4 is 4.74 Å². The van der Waals surface area contributed by atoms with Gasteiger partial charge in [0.05, 0.1) is 17.6 Å². The number of halogens is 3. The highest BCUT2D eigenvalue weighted by Gasteiger charge is 2.35. The molecule has 0 spiro atoms. The topological polar surface area (TPSA) is 68.2 Å². The van der Waals surface area contributed by atoms with E-state index < -0.39 is 17.6 Å². The van der Waals surface area contributed by atoms with Gasteiger partial charge in [-0.2, -0.15) is 13.2 Å². The highest BCUT2D eigenvalue weighted by molar-refractivity contribution is 5.97. The summed E-state index contributed by atoms with van der Waals surface area (Å²) in [4.78, 5) is 26.8. The summed E-state index contributed by atoms with van der Waals surface area (Å²) in [6.07, 6.45) is 1.41. The Bertz CT molecular complexity index is 1060. The van der Waals surface area contributed by atoms with Crippen LogP contribution in [0.15, 0.2) is 48.9 Å². The summed E-state index contributed by atoms with van der Waals surface area (Å²) >= 11 is 0. The van der Waals surface area contributed by atoms with E-state index >= 15 is 0 Å². The van der Waals surface area contributed by atoms with E-state index in [0.717, 1.165) is 18.9 Å². The first kappa shape index (κ1) is 20.1. The van der Waals surface area contributed by atoms with Gasteiger partial charge in [-0.05, 0) is 43.2 Å².